The topological polar surface area (TPSA) is 81.8 Å². The molecule has 25 heavy (non-hydrogen) atoms. The average molecular weight is 365 g/mol. The van der Waals surface area contributed by atoms with Crippen LogP contribution in [0.5, 0.6) is 0 Å². The maximum Gasteiger partial charge on any atom is 0.332 e. The van der Waals surface area contributed by atoms with E-state index in [0.29, 0.717) is 30.1 Å². The van der Waals surface area contributed by atoms with Gasteiger partial charge in [0.2, 0.25) is 0 Å². The van der Waals surface area contributed by atoms with Crippen molar-refractivity contribution in [3.63, 3.8) is 0 Å². The quantitative estimate of drug-likeness (QED) is 0.808. The molecule has 1 aromatic carbocycles. The first-order chi connectivity index (χ1) is 11.9. The van der Waals surface area contributed by atoms with E-state index >= 15 is 0 Å². The van der Waals surface area contributed by atoms with Gasteiger partial charge in [-0.25, -0.2) is 14.5 Å². The predicted molar refractivity (Wildman–Crippen MR) is 94.7 cm³/mol. The standard InChI is InChI=1S/C17H21ClN4O3/c1-10(2)19-16(24)20-12-7-8-21-14(9-12)15(23)22(17(21)25)13-5-3-11(18)4-6-13/h3-6,10,12,14H,7-9H2,1-2H3,(H2,19,20,24)/t12-,14-/m0/s1. The Morgan fingerprint density at radius 3 is 2.56 bits per heavy atom. The van der Waals surface area contributed by atoms with Crippen molar-refractivity contribution in [3.05, 3.63) is 29.3 Å². The summed E-state index contributed by atoms with van der Waals surface area (Å²) in [5, 5.41) is 6.20. The van der Waals surface area contributed by atoms with Gasteiger partial charge in [-0.3, -0.25) is 4.79 Å². The number of imide groups is 1. The zero-order valence-corrected chi connectivity index (χ0v) is 14.9. The van der Waals surface area contributed by atoms with E-state index in [0.717, 1.165) is 0 Å². The molecular formula is C17H21ClN4O3. The fourth-order valence-corrected chi connectivity index (χ4v) is 3.37. The number of carbonyl (C=O) groups is 3. The van der Waals surface area contributed by atoms with Crippen molar-refractivity contribution in [3.8, 4) is 0 Å². The number of fused-ring (bicyclic) bond motifs is 1. The molecule has 7 nitrogen and oxygen atoms in total. The molecule has 3 rings (SSSR count). The van der Waals surface area contributed by atoms with E-state index < -0.39 is 6.04 Å². The molecule has 1 aromatic rings. The fraction of sp³-hybridized carbons (Fsp3) is 0.471. The van der Waals surface area contributed by atoms with Crippen molar-refractivity contribution in [2.45, 2.75) is 44.8 Å². The van der Waals surface area contributed by atoms with Gasteiger partial charge < -0.3 is 15.5 Å². The van der Waals surface area contributed by atoms with E-state index in [9.17, 15) is 14.4 Å². The lowest BCUT2D eigenvalue weighted by Crippen LogP contribution is -2.52. The molecule has 2 atom stereocenters. The lowest BCUT2D eigenvalue weighted by atomic mass is 9.98. The molecule has 0 saturated carbocycles. The van der Waals surface area contributed by atoms with Gasteiger partial charge in [-0.2, -0.15) is 0 Å². The summed E-state index contributed by atoms with van der Waals surface area (Å²) in [7, 11) is 0. The number of benzene rings is 1. The Morgan fingerprint density at radius 2 is 1.92 bits per heavy atom. The van der Waals surface area contributed by atoms with E-state index in [4.69, 9.17) is 11.6 Å². The summed E-state index contributed by atoms with van der Waals surface area (Å²) in [6, 6.07) is 5.40. The number of rotatable bonds is 3. The van der Waals surface area contributed by atoms with Crippen molar-refractivity contribution in [1.29, 1.82) is 0 Å². The molecule has 2 aliphatic rings. The highest BCUT2D eigenvalue weighted by Crippen LogP contribution is 2.31. The van der Waals surface area contributed by atoms with E-state index in [2.05, 4.69) is 10.6 Å². The Hall–Kier alpha value is -2.28. The molecule has 134 valence electrons. The van der Waals surface area contributed by atoms with Crippen LogP contribution in [0, 0.1) is 0 Å². The molecule has 2 fully saturated rings. The van der Waals surface area contributed by atoms with Crippen LogP contribution in [0.15, 0.2) is 24.3 Å². The third-order valence-corrected chi connectivity index (χ3v) is 4.64. The number of hydrogen-bond donors (Lipinski definition) is 2. The molecule has 0 spiro atoms. The van der Waals surface area contributed by atoms with E-state index in [1.807, 2.05) is 13.8 Å². The third kappa shape index (κ3) is 3.56. The molecule has 0 bridgehead atoms. The first kappa shape index (κ1) is 17.5. The molecule has 2 heterocycles. The number of halogens is 1. The predicted octanol–water partition coefficient (Wildman–Crippen LogP) is 2.35. The number of piperidine rings is 1. The number of nitrogens with one attached hydrogen (secondary N) is 2. The third-order valence-electron chi connectivity index (χ3n) is 4.38. The Bertz CT molecular complexity index is 692. The largest absolute Gasteiger partial charge is 0.336 e. The number of hydrogen-bond acceptors (Lipinski definition) is 3. The van der Waals surface area contributed by atoms with Crippen molar-refractivity contribution < 1.29 is 14.4 Å². The van der Waals surface area contributed by atoms with Crippen LogP contribution < -0.4 is 15.5 Å². The molecule has 5 amide bonds. The summed E-state index contributed by atoms with van der Waals surface area (Å²) >= 11 is 5.87. The lowest BCUT2D eigenvalue weighted by molar-refractivity contribution is -0.120. The SMILES string of the molecule is CC(C)NC(=O)N[C@H]1CCN2C(=O)N(c3ccc(Cl)cc3)C(=O)[C@@H]2C1. The van der Waals surface area contributed by atoms with Gasteiger partial charge in [-0.15, -0.1) is 0 Å². The second kappa shape index (κ2) is 6.92. The van der Waals surface area contributed by atoms with Crippen molar-refractivity contribution >= 4 is 35.3 Å². The first-order valence-corrected chi connectivity index (χ1v) is 8.72. The summed E-state index contributed by atoms with van der Waals surface area (Å²) in [5.41, 5.74) is 0.510. The first-order valence-electron chi connectivity index (χ1n) is 8.34. The zero-order chi connectivity index (χ0) is 18.1. The highest BCUT2D eigenvalue weighted by molar-refractivity contribution is 6.30. The molecule has 0 aliphatic carbocycles. The smallest absolute Gasteiger partial charge is 0.332 e. The Kier molecular flexibility index (Phi) is 4.85. The van der Waals surface area contributed by atoms with Crippen molar-refractivity contribution in [2.75, 3.05) is 11.4 Å². The highest BCUT2D eigenvalue weighted by Gasteiger charge is 2.48. The second-order valence-corrected chi connectivity index (χ2v) is 7.07. The maximum atomic E-state index is 12.7. The Labute approximate surface area is 151 Å². The van der Waals surface area contributed by atoms with Gasteiger partial charge in [0, 0.05) is 23.7 Å². The molecule has 0 radical (unpaired) electrons. The zero-order valence-electron chi connectivity index (χ0n) is 14.2. The van der Waals surface area contributed by atoms with Gasteiger partial charge in [0.15, 0.2) is 0 Å². The molecule has 0 aromatic heterocycles. The maximum absolute atomic E-state index is 12.7. The van der Waals surface area contributed by atoms with Gasteiger partial charge in [-0.1, -0.05) is 11.6 Å². The lowest BCUT2D eigenvalue weighted by Gasteiger charge is -2.32. The van der Waals surface area contributed by atoms with Gasteiger partial charge >= 0.3 is 12.1 Å². The summed E-state index contributed by atoms with van der Waals surface area (Å²) in [6.45, 7) is 4.20. The van der Waals surface area contributed by atoms with Gasteiger partial charge in [-0.05, 0) is 51.0 Å². The fourth-order valence-electron chi connectivity index (χ4n) is 3.25. The van der Waals surface area contributed by atoms with E-state index in [1.165, 1.54) is 4.90 Å². The molecule has 2 aliphatic heterocycles. The van der Waals surface area contributed by atoms with Gasteiger partial charge in [0.05, 0.1) is 5.69 Å². The van der Waals surface area contributed by atoms with E-state index in [1.54, 1.807) is 29.2 Å². The molecule has 8 heteroatoms. The van der Waals surface area contributed by atoms with Gasteiger partial charge in [0.25, 0.3) is 5.91 Å². The second-order valence-electron chi connectivity index (χ2n) is 6.64. The highest BCUT2D eigenvalue weighted by atomic mass is 35.5. The summed E-state index contributed by atoms with van der Waals surface area (Å²) in [6.07, 6.45) is 1.04. The van der Waals surface area contributed by atoms with Crippen LogP contribution in [0.1, 0.15) is 26.7 Å². The number of anilines is 1. The van der Waals surface area contributed by atoms with Crippen molar-refractivity contribution in [2.24, 2.45) is 0 Å². The van der Waals surface area contributed by atoms with Crippen LogP contribution in [0.4, 0.5) is 15.3 Å². The summed E-state index contributed by atoms with van der Waals surface area (Å²) in [4.78, 5) is 40.0. The molecule has 0 unspecified atom stereocenters. The number of urea groups is 2. The van der Waals surface area contributed by atoms with Crippen LogP contribution in [-0.2, 0) is 4.79 Å². The Morgan fingerprint density at radius 1 is 1.24 bits per heavy atom. The monoisotopic (exact) mass is 364 g/mol. The summed E-state index contributed by atoms with van der Waals surface area (Å²) in [5.74, 6) is -0.261. The van der Waals surface area contributed by atoms with Crippen LogP contribution in [-0.4, -0.2) is 47.5 Å². The minimum absolute atomic E-state index is 0.0372. The Balaban J connectivity index is 1.71. The van der Waals surface area contributed by atoms with E-state index in [-0.39, 0.29) is 30.1 Å². The minimum Gasteiger partial charge on any atom is -0.336 e. The average Bonchev–Trinajstić information content (AvgIpc) is 2.79. The number of nitrogens with zero attached hydrogens (tertiary/aromatic N) is 2. The van der Waals surface area contributed by atoms with Crippen LogP contribution in [0.3, 0.4) is 0 Å². The molecular weight excluding hydrogens is 344 g/mol. The van der Waals surface area contributed by atoms with Gasteiger partial charge in [0.1, 0.15) is 6.04 Å². The van der Waals surface area contributed by atoms with Crippen molar-refractivity contribution in [1.82, 2.24) is 15.5 Å². The van der Waals surface area contributed by atoms with Crippen LogP contribution in [0.25, 0.3) is 0 Å². The molecule has 2 saturated heterocycles. The summed E-state index contributed by atoms with van der Waals surface area (Å²) < 4.78 is 0. The van der Waals surface area contributed by atoms with Crippen LogP contribution >= 0.6 is 11.6 Å². The van der Waals surface area contributed by atoms with Crippen LogP contribution in [0.2, 0.25) is 5.02 Å². The number of carbonyl (C=O) groups excluding carboxylic acids is 3. The molecule has 2 N–H and O–H groups in total. The normalized spacial score (nSPS) is 23.0. The minimum atomic E-state index is -0.540. The number of amides is 5.